The molecule has 2 N–H and O–H groups in total. The molecule has 0 aliphatic rings. The van der Waals surface area contributed by atoms with Crippen LogP contribution in [0.1, 0.15) is 21.5 Å². The molecule has 21 heavy (non-hydrogen) atoms. The third-order valence-corrected chi connectivity index (χ3v) is 2.67. The number of esters is 1. The molecule has 6 heteroatoms. The first-order chi connectivity index (χ1) is 9.99. The molecule has 0 radical (unpaired) electrons. The van der Waals surface area contributed by atoms with Crippen molar-refractivity contribution in [2.24, 2.45) is 0 Å². The van der Waals surface area contributed by atoms with Gasteiger partial charge >= 0.3 is 5.97 Å². The van der Waals surface area contributed by atoms with Gasteiger partial charge in [-0.1, -0.05) is 0 Å². The van der Waals surface area contributed by atoms with Gasteiger partial charge in [0, 0.05) is 5.69 Å². The van der Waals surface area contributed by atoms with Gasteiger partial charge in [-0.2, -0.15) is 5.26 Å². The second-order valence-electron chi connectivity index (χ2n) is 4.28. The first kappa shape index (κ1) is 14.5. The summed E-state index contributed by atoms with van der Waals surface area (Å²) in [6, 6.07) is 8.95. The highest BCUT2D eigenvalue weighted by Crippen LogP contribution is 2.15. The average molecular weight is 288 g/mol. The Bertz CT molecular complexity index is 739. The largest absolute Gasteiger partial charge is 0.457 e. The van der Waals surface area contributed by atoms with Gasteiger partial charge in [0.15, 0.2) is 0 Å². The van der Waals surface area contributed by atoms with E-state index < -0.39 is 17.6 Å². The lowest BCUT2D eigenvalue weighted by Crippen LogP contribution is -2.08. The first-order valence-corrected chi connectivity index (χ1v) is 5.91. The van der Waals surface area contributed by atoms with Gasteiger partial charge in [0.05, 0.1) is 17.2 Å². The molecule has 0 aliphatic heterocycles. The minimum Gasteiger partial charge on any atom is -0.457 e. The fourth-order valence-corrected chi connectivity index (χ4v) is 1.72. The molecule has 0 unspecified atom stereocenters. The molecular weight excluding hydrogens is 278 g/mol. The average Bonchev–Trinajstić information content (AvgIpc) is 2.44. The molecule has 0 saturated carbocycles. The molecule has 2 rings (SSSR count). The van der Waals surface area contributed by atoms with Crippen molar-refractivity contribution in [2.45, 2.75) is 6.61 Å². The number of nitrogens with zero attached hydrogens (tertiary/aromatic N) is 1. The van der Waals surface area contributed by atoms with Crippen molar-refractivity contribution in [3.8, 4) is 6.07 Å². The lowest BCUT2D eigenvalue weighted by atomic mass is 10.1. The van der Waals surface area contributed by atoms with Gasteiger partial charge in [-0.05, 0) is 42.0 Å². The standard InChI is InChI=1S/C15H10F2N2O2/c16-11-4-9(7-18)3-10(5-11)8-21-15(20)13-2-1-12(19)6-14(13)17/h1-6H,8,19H2. The van der Waals surface area contributed by atoms with Crippen LogP contribution in [0.15, 0.2) is 36.4 Å². The number of halogens is 2. The van der Waals surface area contributed by atoms with E-state index >= 15 is 0 Å². The van der Waals surface area contributed by atoms with E-state index in [2.05, 4.69) is 0 Å². The van der Waals surface area contributed by atoms with Gasteiger partial charge in [0.1, 0.15) is 18.2 Å². The number of benzene rings is 2. The summed E-state index contributed by atoms with van der Waals surface area (Å²) < 4.78 is 31.6. The van der Waals surface area contributed by atoms with Crippen LogP contribution in [0.25, 0.3) is 0 Å². The zero-order valence-corrected chi connectivity index (χ0v) is 10.8. The minimum atomic E-state index is -0.893. The van der Waals surface area contributed by atoms with Crippen LogP contribution >= 0.6 is 0 Å². The summed E-state index contributed by atoms with van der Waals surface area (Å²) in [6.07, 6.45) is 0. The van der Waals surface area contributed by atoms with E-state index in [0.29, 0.717) is 5.56 Å². The Labute approximate surface area is 119 Å². The SMILES string of the molecule is N#Cc1cc(F)cc(COC(=O)c2ccc(N)cc2F)c1. The van der Waals surface area contributed by atoms with Crippen LogP contribution in [-0.2, 0) is 11.3 Å². The van der Waals surface area contributed by atoms with Crippen LogP contribution in [-0.4, -0.2) is 5.97 Å². The number of carbonyl (C=O) groups is 1. The number of carbonyl (C=O) groups excluding carboxylic acids is 1. The fraction of sp³-hybridized carbons (Fsp3) is 0.0667. The highest BCUT2D eigenvalue weighted by molar-refractivity contribution is 5.90. The Balaban J connectivity index is 2.11. The van der Waals surface area contributed by atoms with E-state index in [1.165, 1.54) is 18.2 Å². The molecule has 4 nitrogen and oxygen atoms in total. The third kappa shape index (κ3) is 3.54. The van der Waals surface area contributed by atoms with Crippen LogP contribution < -0.4 is 5.73 Å². The minimum absolute atomic E-state index is 0.111. The maximum absolute atomic E-state index is 13.5. The predicted octanol–water partition coefficient (Wildman–Crippen LogP) is 2.78. The number of nitrogen functional groups attached to an aromatic ring is 1. The number of anilines is 1. The topological polar surface area (TPSA) is 76.1 Å². The first-order valence-electron chi connectivity index (χ1n) is 5.91. The Morgan fingerprint density at radius 2 is 2.00 bits per heavy atom. The lowest BCUT2D eigenvalue weighted by Gasteiger charge is -2.07. The molecule has 0 bridgehead atoms. The van der Waals surface area contributed by atoms with Crippen molar-refractivity contribution < 1.29 is 18.3 Å². The van der Waals surface area contributed by atoms with Crippen molar-refractivity contribution in [3.05, 3.63) is 64.7 Å². The van der Waals surface area contributed by atoms with Crippen molar-refractivity contribution in [1.82, 2.24) is 0 Å². The van der Waals surface area contributed by atoms with Crippen LogP contribution in [0.5, 0.6) is 0 Å². The summed E-state index contributed by atoms with van der Waals surface area (Å²) in [5.74, 6) is -2.30. The second-order valence-corrected chi connectivity index (χ2v) is 4.28. The van der Waals surface area contributed by atoms with E-state index in [-0.39, 0.29) is 23.4 Å². The van der Waals surface area contributed by atoms with Gasteiger partial charge in [0.25, 0.3) is 0 Å². The van der Waals surface area contributed by atoms with E-state index in [0.717, 1.165) is 18.2 Å². The molecule has 0 saturated heterocycles. The van der Waals surface area contributed by atoms with Crippen LogP contribution in [0.3, 0.4) is 0 Å². The van der Waals surface area contributed by atoms with Gasteiger partial charge in [-0.3, -0.25) is 0 Å². The molecule has 2 aromatic carbocycles. The molecule has 0 heterocycles. The van der Waals surface area contributed by atoms with E-state index in [1.54, 1.807) is 6.07 Å². The van der Waals surface area contributed by atoms with E-state index in [1.807, 2.05) is 0 Å². The van der Waals surface area contributed by atoms with Crippen LogP contribution in [0.4, 0.5) is 14.5 Å². The number of nitriles is 1. The summed E-state index contributed by atoms with van der Waals surface area (Å²) in [7, 11) is 0. The zero-order chi connectivity index (χ0) is 15.4. The summed E-state index contributed by atoms with van der Waals surface area (Å²) in [6.45, 7) is -0.269. The van der Waals surface area contributed by atoms with Crippen LogP contribution in [0.2, 0.25) is 0 Å². The molecule has 0 spiro atoms. The van der Waals surface area contributed by atoms with Gasteiger partial charge < -0.3 is 10.5 Å². The number of hydrogen-bond donors (Lipinski definition) is 1. The third-order valence-electron chi connectivity index (χ3n) is 2.67. The summed E-state index contributed by atoms with van der Waals surface area (Å²) >= 11 is 0. The maximum Gasteiger partial charge on any atom is 0.341 e. The maximum atomic E-state index is 13.5. The number of rotatable bonds is 3. The normalized spacial score (nSPS) is 9.95. The second kappa shape index (κ2) is 6.01. The van der Waals surface area contributed by atoms with E-state index in [4.69, 9.17) is 15.7 Å². The molecule has 2 aromatic rings. The van der Waals surface area contributed by atoms with Gasteiger partial charge in [0.2, 0.25) is 0 Å². The molecule has 0 fully saturated rings. The Kier molecular flexibility index (Phi) is 4.14. The Hall–Kier alpha value is -2.94. The Morgan fingerprint density at radius 1 is 1.24 bits per heavy atom. The van der Waals surface area contributed by atoms with Gasteiger partial charge in [-0.15, -0.1) is 0 Å². The predicted molar refractivity (Wildman–Crippen MR) is 71.0 cm³/mol. The highest BCUT2D eigenvalue weighted by Gasteiger charge is 2.13. The lowest BCUT2D eigenvalue weighted by molar-refractivity contribution is 0.0467. The van der Waals surface area contributed by atoms with Crippen molar-refractivity contribution in [1.29, 1.82) is 5.26 Å². The Morgan fingerprint density at radius 3 is 2.67 bits per heavy atom. The smallest absolute Gasteiger partial charge is 0.341 e. The molecular formula is C15H10F2N2O2. The number of ether oxygens (including phenoxy) is 1. The van der Waals surface area contributed by atoms with Crippen LogP contribution in [0, 0.1) is 23.0 Å². The van der Waals surface area contributed by atoms with Crippen molar-refractivity contribution in [3.63, 3.8) is 0 Å². The summed E-state index contributed by atoms with van der Waals surface area (Å²) in [5, 5.41) is 8.72. The summed E-state index contributed by atoms with van der Waals surface area (Å²) in [5.41, 5.74) is 5.71. The van der Waals surface area contributed by atoms with Crippen molar-refractivity contribution >= 4 is 11.7 Å². The fourth-order valence-electron chi connectivity index (χ4n) is 1.72. The molecule has 0 amide bonds. The molecule has 0 aromatic heterocycles. The number of hydrogen-bond acceptors (Lipinski definition) is 4. The molecule has 0 aliphatic carbocycles. The number of nitrogens with two attached hydrogens (primary N) is 1. The monoisotopic (exact) mass is 288 g/mol. The van der Waals surface area contributed by atoms with Gasteiger partial charge in [-0.25, -0.2) is 13.6 Å². The van der Waals surface area contributed by atoms with Crippen molar-refractivity contribution in [2.75, 3.05) is 5.73 Å². The van der Waals surface area contributed by atoms with E-state index in [9.17, 15) is 13.6 Å². The highest BCUT2D eigenvalue weighted by atomic mass is 19.1. The quantitative estimate of drug-likeness (QED) is 0.696. The zero-order valence-electron chi connectivity index (χ0n) is 10.8. The molecule has 106 valence electrons. The molecule has 0 atom stereocenters. The summed E-state index contributed by atoms with van der Waals surface area (Å²) in [4.78, 5) is 11.7.